The van der Waals surface area contributed by atoms with Gasteiger partial charge in [-0.15, -0.1) is 0 Å². The van der Waals surface area contributed by atoms with E-state index in [9.17, 15) is 19.3 Å². The number of nitro benzene ring substituents is 1. The molecule has 0 aliphatic carbocycles. The first kappa shape index (κ1) is 12.7. The number of nitrogen functional groups attached to an aromatic ring is 1. The molecule has 2 aromatic carbocycles. The van der Waals surface area contributed by atoms with Gasteiger partial charge in [-0.1, -0.05) is 30.3 Å². The molecular formula is C13H9FN2O3. The predicted molar refractivity (Wildman–Crippen MR) is 67.3 cm³/mol. The molecule has 0 amide bonds. The van der Waals surface area contributed by atoms with Crippen molar-refractivity contribution in [3.8, 4) is 0 Å². The predicted octanol–water partition coefficient (Wildman–Crippen LogP) is 2.55. The number of nitrogens with two attached hydrogens (primary N) is 1. The Kier molecular flexibility index (Phi) is 3.24. The zero-order chi connectivity index (χ0) is 14.0. The molecule has 6 heteroatoms. The Morgan fingerprint density at radius 2 is 1.79 bits per heavy atom. The first-order chi connectivity index (χ1) is 9.02. The van der Waals surface area contributed by atoms with Gasteiger partial charge in [-0.05, 0) is 6.07 Å². The highest BCUT2D eigenvalue weighted by Crippen LogP contribution is 2.27. The molecule has 0 saturated carbocycles. The van der Waals surface area contributed by atoms with Crippen LogP contribution in [0.5, 0.6) is 0 Å². The van der Waals surface area contributed by atoms with Gasteiger partial charge in [-0.3, -0.25) is 14.9 Å². The van der Waals surface area contributed by atoms with Crippen LogP contribution in [0.25, 0.3) is 0 Å². The molecule has 0 fully saturated rings. The lowest BCUT2D eigenvalue weighted by Crippen LogP contribution is -2.08. The molecule has 2 rings (SSSR count). The van der Waals surface area contributed by atoms with Crippen molar-refractivity contribution in [3.63, 3.8) is 0 Å². The largest absolute Gasteiger partial charge is 0.391 e. The van der Waals surface area contributed by atoms with E-state index in [2.05, 4.69) is 0 Å². The highest BCUT2D eigenvalue weighted by atomic mass is 19.1. The minimum Gasteiger partial charge on any atom is -0.391 e. The normalized spacial score (nSPS) is 10.2. The van der Waals surface area contributed by atoms with Gasteiger partial charge < -0.3 is 5.73 Å². The first-order valence-electron chi connectivity index (χ1n) is 5.34. The Balaban J connectivity index is 2.51. The van der Waals surface area contributed by atoms with Gasteiger partial charge in [0.15, 0.2) is 11.6 Å². The molecule has 0 saturated heterocycles. The van der Waals surface area contributed by atoms with Crippen LogP contribution in [0.4, 0.5) is 15.8 Å². The maximum Gasteiger partial charge on any atom is 0.295 e. The van der Waals surface area contributed by atoms with Crippen molar-refractivity contribution in [2.45, 2.75) is 0 Å². The van der Waals surface area contributed by atoms with Crippen LogP contribution in [0.1, 0.15) is 15.9 Å². The van der Waals surface area contributed by atoms with E-state index in [1.54, 1.807) is 18.2 Å². The van der Waals surface area contributed by atoms with Gasteiger partial charge in [0, 0.05) is 11.6 Å². The second-order valence-corrected chi connectivity index (χ2v) is 3.81. The van der Waals surface area contributed by atoms with Gasteiger partial charge in [0.2, 0.25) is 0 Å². The van der Waals surface area contributed by atoms with E-state index in [0.717, 1.165) is 12.1 Å². The van der Waals surface area contributed by atoms with Crippen LogP contribution in [-0.4, -0.2) is 10.7 Å². The highest BCUT2D eigenvalue weighted by Gasteiger charge is 2.22. The van der Waals surface area contributed by atoms with Crippen molar-refractivity contribution >= 4 is 17.2 Å². The molecule has 19 heavy (non-hydrogen) atoms. The number of nitro groups is 1. The van der Waals surface area contributed by atoms with Crippen LogP contribution in [0.3, 0.4) is 0 Å². The summed E-state index contributed by atoms with van der Waals surface area (Å²) in [7, 11) is 0. The molecule has 5 nitrogen and oxygen atoms in total. The molecule has 0 radical (unpaired) electrons. The lowest BCUT2D eigenvalue weighted by molar-refractivity contribution is -0.384. The summed E-state index contributed by atoms with van der Waals surface area (Å²) in [4.78, 5) is 21.8. The summed E-state index contributed by atoms with van der Waals surface area (Å²) in [5, 5.41) is 10.6. The number of nitrogens with zero attached hydrogens (tertiary/aromatic N) is 1. The zero-order valence-corrected chi connectivity index (χ0v) is 9.67. The number of ketones is 1. The van der Waals surface area contributed by atoms with Crippen molar-refractivity contribution in [3.05, 3.63) is 69.5 Å². The topological polar surface area (TPSA) is 86.2 Å². The zero-order valence-electron chi connectivity index (χ0n) is 9.67. The minimum absolute atomic E-state index is 0.283. The lowest BCUT2D eigenvalue weighted by atomic mass is 10.0. The van der Waals surface area contributed by atoms with E-state index in [-0.39, 0.29) is 11.1 Å². The second-order valence-electron chi connectivity index (χ2n) is 3.81. The number of benzene rings is 2. The van der Waals surface area contributed by atoms with Gasteiger partial charge >= 0.3 is 0 Å². The van der Waals surface area contributed by atoms with E-state index in [1.165, 1.54) is 12.1 Å². The lowest BCUT2D eigenvalue weighted by Gasteiger charge is -2.05. The van der Waals surface area contributed by atoms with E-state index in [4.69, 9.17) is 5.73 Å². The molecule has 0 bridgehead atoms. The number of rotatable bonds is 3. The fourth-order valence-electron chi connectivity index (χ4n) is 1.66. The van der Waals surface area contributed by atoms with E-state index in [0.29, 0.717) is 0 Å². The van der Waals surface area contributed by atoms with Crippen LogP contribution < -0.4 is 5.73 Å². The summed E-state index contributed by atoms with van der Waals surface area (Å²) in [5.41, 5.74) is 4.15. The monoisotopic (exact) mass is 260 g/mol. The Labute approximate surface area is 107 Å². The number of halogens is 1. The van der Waals surface area contributed by atoms with Crippen LogP contribution in [0.15, 0.2) is 42.5 Å². The standard InChI is InChI=1S/C13H9FN2O3/c14-11-9(6-7-10(12(11)15)16(18)19)13(17)8-4-2-1-3-5-8/h1-7H,15H2. The van der Waals surface area contributed by atoms with Crippen molar-refractivity contribution < 1.29 is 14.1 Å². The van der Waals surface area contributed by atoms with E-state index < -0.39 is 27.9 Å². The van der Waals surface area contributed by atoms with Crippen molar-refractivity contribution in [1.82, 2.24) is 0 Å². The highest BCUT2D eigenvalue weighted by molar-refractivity contribution is 6.09. The summed E-state index contributed by atoms with van der Waals surface area (Å²) in [6.45, 7) is 0. The summed E-state index contributed by atoms with van der Waals surface area (Å²) >= 11 is 0. The SMILES string of the molecule is Nc1c([N+](=O)[O-])ccc(C(=O)c2ccccc2)c1F. The van der Waals surface area contributed by atoms with E-state index in [1.807, 2.05) is 0 Å². The van der Waals surface area contributed by atoms with Crippen molar-refractivity contribution in [1.29, 1.82) is 0 Å². The van der Waals surface area contributed by atoms with Gasteiger partial charge in [-0.25, -0.2) is 4.39 Å². The summed E-state index contributed by atoms with van der Waals surface area (Å²) in [6, 6.07) is 10.1. The molecule has 0 heterocycles. The molecule has 0 aliphatic heterocycles. The second kappa shape index (κ2) is 4.85. The average molecular weight is 260 g/mol. The fraction of sp³-hybridized carbons (Fsp3) is 0. The Morgan fingerprint density at radius 1 is 1.16 bits per heavy atom. The quantitative estimate of drug-likeness (QED) is 0.397. The molecule has 0 atom stereocenters. The third-order valence-corrected chi connectivity index (χ3v) is 2.63. The number of carbonyl (C=O) groups excluding carboxylic acids is 1. The Bertz CT molecular complexity index is 656. The maximum atomic E-state index is 13.9. The molecule has 0 unspecified atom stereocenters. The molecule has 0 spiro atoms. The smallest absolute Gasteiger partial charge is 0.295 e. The summed E-state index contributed by atoms with van der Waals surface area (Å²) < 4.78 is 13.9. The van der Waals surface area contributed by atoms with Crippen LogP contribution >= 0.6 is 0 Å². The summed E-state index contributed by atoms with van der Waals surface area (Å²) in [5.74, 6) is -1.64. The third-order valence-electron chi connectivity index (χ3n) is 2.63. The van der Waals surface area contributed by atoms with Gasteiger partial charge in [0.05, 0.1) is 10.5 Å². The summed E-state index contributed by atoms with van der Waals surface area (Å²) in [6.07, 6.45) is 0. The minimum atomic E-state index is -1.07. The first-order valence-corrected chi connectivity index (χ1v) is 5.34. The number of anilines is 1. The average Bonchev–Trinajstić information content (AvgIpc) is 2.41. The number of hydrogen-bond donors (Lipinski definition) is 1. The number of carbonyl (C=O) groups is 1. The molecule has 0 aliphatic rings. The van der Waals surface area contributed by atoms with Crippen LogP contribution in [-0.2, 0) is 0 Å². The van der Waals surface area contributed by atoms with Crippen LogP contribution in [0.2, 0.25) is 0 Å². The van der Waals surface area contributed by atoms with Gasteiger partial charge in [0.25, 0.3) is 5.69 Å². The van der Waals surface area contributed by atoms with Gasteiger partial charge in [0.1, 0.15) is 5.69 Å². The number of hydrogen-bond acceptors (Lipinski definition) is 4. The van der Waals surface area contributed by atoms with Crippen molar-refractivity contribution in [2.75, 3.05) is 5.73 Å². The molecule has 0 aromatic heterocycles. The maximum absolute atomic E-state index is 13.9. The van der Waals surface area contributed by atoms with Gasteiger partial charge in [-0.2, -0.15) is 0 Å². The van der Waals surface area contributed by atoms with Crippen LogP contribution in [0, 0.1) is 15.9 Å². The van der Waals surface area contributed by atoms with E-state index >= 15 is 0 Å². The molecule has 2 aromatic rings. The molecule has 96 valence electrons. The Morgan fingerprint density at radius 3 is 2.37 bits per heavy atom. The molecular weight excluding hydrogens is 251 g/mol. The molecule has 2 N–H and O–H groups in total. The fourth-order valence-corrected chi connectivity index (χ4v) is 1.66. The van der Waals surface area contributed by atoms with Crippen molar-refractivity contribution in [2.24, 2.45) is 0 Å². The Hall–Kier alpha value is -2.76. The third kappa shape index (κ3) is 2.28.